The molecule has 2 aromatic carbocycles. The molecule has 3 N–H and O–H groups in total. The number of carbonyl (C=O) groups is 3. The van der Waals surface area contributed by atoms with Gasteiger partial charge in [0, 0.05) is 19.6 Å². The minimum atomic E-state index is -1.39. The summed E-state index contributed by atoms with van der Waals surface area (Å²) in [6, 6.07) is 16.1. The number of methoxy groups -OCH3 is 1. The number of nitrogens with one attached hydrogen (secondary N) is 2. The maximum Gasteiger partial charge on any atom is 0.408 e. The number of ether oxygens (including phenoxy) is 3. The quantitative estimate of drug-likeness (QED) is 0.502. The lowest BCUT2D eigenvalue weighted by Crippen LogP contribution is -2.60. The highest BCUT2D eigenvalue weighted by atomic mass is 16.5. The lowest BCUT2D eigenvalue weighted by Gasteiger charge is -2.29. The smallest absolute Gasteiger partial charge is 0.408 e. The average Bonchev–Trinajstić information content (AvgIpc) is 3.44. The summed E-state index contributed by atoms with van der Waals surface area (Å²) in [5.74, 6) is -2.08. The van der Waals surface area contributed by atoms with Gasteiger partial charge in [0.05, 0.1) is 25.2 Å². The van der Waals surface area contributed by atoms with Crippen molar-refractivity contribution in [2.24, 2.45) is 5.92 Å². The first-order chi connectivity index (χ1) is 16.8. The van der Waals surface area contributed by atoms with E-state index in [9.17, 15) is 14.4 Å². The summed E-state index contributed by atoms with van der Waals surface area (Å²) in [6.07, 6.45) is -0.818. The first-order valence-electron chi connectivity index (χ1n) is 11.6. The van der Waals surface area contributed by atoms with Crippen molar-refractivity contribution in [3.05, 3.63) is 59.7 Å². The van der Waals surface area contributed by atoms with Crippen molar-refractivity contribution in [1.82, 2.24) is 10.6 Å². The Kier molecular flexibility index (Phi) is 7.37. The zero-order valence-electron chi connectivity index (χ0n) is 19.8. The largest absolute Gasteiger partial charge is 0.481 e. The molecule has 35 heavy (non-hydrogen) atoms. The standard InChI is InChI=1S/C26H30N2O7/c1-26(15-33-2,24(31)27-12-17-11-16(13-34-17)23(29)30)28-25(32)35-14-22-20-9-5-3-7-18(20)19-8-4-6-10-21(19)22/h3-10,16-17,22H,11-15H2,1-2H3,(H,27,31)(H,28,32)(H,29,30)/t16-,17-,26?/m1/s1. The number of carboxylic acids is 1. The second kappa shape index (κ2) is 10.5. The molecule has 1 aliphatic carbocycles. The fourth-order valence-corrected chi connectivity index (χ4v) is 4.73. The van der Waals surface area contributed by atoms with Crippen LogP contribution in [0.15, 0.2) is 48.5 Å². The van der Waals surface area contributed by atoms with Crippen LogP contribution in [-0.2, 0) is 23.8 Å². The summed E-state index contributed by atoms with van der Waals surface area (Å²) >= 11 is 0. The maximum absolute atomic E-state index is 12.9. The summed E-state index contributed by atoms with van der Waals surface area (Å²) < 4.78 is 16.2. The van der Waals surface area contributed by atoms with E-state index in [-0.39, 0.29) is 32.3 Å². The fourth-order valence-electron chi connectivity index (χ4n) is 4.73. The number of hydrogen-bond acceptors (Lipinski definition) is 6. The van der Waals surface area contributed by atoms with Gasteiger partial charge in [0.15, 0.2) is 0 Å². The third-order valence-electron chi connectivity index (χ3n) is 6.58. The molecule has 1 heterocycles. The van der Waals surface area contributed by atoms with E-state index in [1.807, 2.05) is 36.4 Å². The second-order valence-electron chi connectivity index (χ2n) is 9.15. The van der Waals surface area contributed by atoms with Gasteiger partial charge in [-0.1, -0.05) is 48.5 Å². The van der Waals surface area contributed by atoms with Crippen molar-refractivity contribution in [2.75, 3.05) is 33.5 Å². The number of alkyl carbamates (subject to hydrolysis) is 1. The fraction of sp³-hybridized carbons (Fsp3) is 0.423. The first kappa shape index (κ1) is 24.7. The molecule has 1 unspecified atom stereocenters. The number of fused-ring (bicyclic) bond motifs is 3. The number of carboxylic acid groups (broad SMARTS) is 1. The van der Waals surface area contributed by atoms with E-state index in [0.717, 1.165) is 22.3 Å². The first-order valence-corrected chi connectivity index (χ1v) is 11.6. The van der Waals surface area contributed by atoms with E-state index >= 15 is 0 Å². The van der Waals surface area contributed by atoms with Crippen molar-refractivity contribution in [3.8, 4) is 11.1 Å². The van der Waals surface area contributed by atoms with Gasteiger partial charge in [-0.25, -0.2) is 4.79 Å². The number of rotatable bonds is 9. The van der Waals surface area contributed by atoms with Crippen molar-refractivity contribution in [3.63, 3.8) is 0 Å². The Morgan fingerprint density at radius 2 is 1.71 bits per heavy atom. The molecule has 9 nitrogen and oxygen atoms in total. The highest BCUT2D eigenvalue weighted by molar-refractivity contribution is 5.90. The molecular formula is C26H30N2O7. The Morgan fingerprint density at radius 3 is 2.29 bits per heavy atom. The highest BCUT2D eigenvalue weighted by Gasteiger charge is 2.38. The molecule has 1 aliphatic heterocycles. The number of hydrogen-bond donors (Lipinski definition) is 3. The lowest BCUT2D eigenvalue weighted by molar-refractivity contribution is -0.141. The van der Waals surface area contributed by atoms with Gasteiger partial charge in [-0.15, -0.1) is 0 Å². The molecule has 0 spiro atoms. The van der Waals surface area contributed by atoms with Crippen LogP contribution in [0.5, 0.6) is 0 Å². The molecule has 3 atom stereocenters. The lowest BCUT2D eigenvalue weighted by atomic mass is 9.98. The topological polar surface area (TPSA) is 123 Å². The van der Waals surface area contributed by atoms with Gasteiger partial charge in [-0.2, -0.15) is 0 Å². The average molecular weight is 483 g/mol. The summed E-state index contributed by atoms with van der Waals surface area (Å²) in [5, 5.41) is 14.5. The Labute approximate surface area is 203 Å². The monoisotopic (exact) mass is 482 g/mol. The van der Waals surface area contributed by atoms with Crippen LogP contribution in [0.2, 0.25) is 0 Å². The molecule has 0 bridgehead atoms. The van der Waals surface area contributed by atoms with Crippen molar-refractivity contribution >= 4 is 18.0 Å². The summed E-state index contributed by atoms with van der Waals surface area (Å²) in [4.78, 5) is 36.8. The number of benzene rings is 2. The van der Waals surface area contributed by atoms with Crippen LogP contribution >= 0.6 is 0 Å². The van der Waals surface area contributed by atoms with Crippen LogP contribution < -0.4 is 10.6 Å². The molecule has 186 valence electrons. The number of amides is 2. The van der Waals surface area contributed by atoms with Gasteiger partial charge in [0.2, 0.25) is 5.91 Å². The Bertz CT molecular complexity index is 1060. The molecule has 1 fully saturated rings. The van der Waals surface area contributed by atoms with Gasteiger partial charge in [0.25, 0.3) is 0 Å². The van der Waals surface area contributed by atoms with Crippen molar-refractivity contribution in [1.29, 1.82) is 0 Å². The van der Waals surface area contributed by atoms with Crippen LogP contribution in [0, 0.1) is 5.92 Å². The SMILES string of the molecule is COCC(C)(NC(=O)OCC1c2ccccc2-c2ccccc21)C(=O)NC[C@H]1C[C@@H](C(=O)O)CO1. The predicted molar refractivity (Wildman–Crippen MR) is 127 cm³/mol. The van der Waals surface area contributed by atoms with Crippen LogP contribution in [0.3, 0.4) is 0 Å². The van der Waals surface area contributed by atoms with Crippen LogP contribution in [0.1, 0.15) is 30.4 Å². The zero-order chi connectivity index (χ0) is 25.0. The molecule has 2 aliphatic rings. The van der Waals surface area contributed by atoms with E-state index in [4.69, 9.17) is 19.3 Å². The van der Waals surface area contributed by atoms with Gasteiger partial charge < -0.3 is 30.0 Å². The van der Waals surface area contributed by atoms with Crippen LogP contribution in [-0.4, -0.2) is 68.2 Å². The second-order valence-corrected chi connectivity index (χ2v) is 9.15. The van der Waals surface area contributed by atoms with Crippen LogP contribution in [0.4, 0.5) is 4.79 Å². The molecule has 2 aromatic rings. The number of carbonyl (C=O) groups excluding carboxylic acids is 2. The van der Waals surface area contributed by atoms with E-state index in [2.05, 4.69) is 22.8 Å². The molecule has 0 radical (unpaired) electrons. The summed E-state index contributed by atoms with van der Waals surface area (Å²) in [7, 11) is 1.43. The van der Waals surface area contributed by atoms with Gasteiger partial charge in [-0.3, -0.25) is 9.59 Å². The van der Waals surface area contributed by atoms with E-state index in [1.165, 1.54) is 7.11 Å². The Hall–Kier alpha value is -3.43. The van der Waals surface area contributed by atoms with Gasteiger partial charge >= 0.3 is 12.1 Å². The summed E-state index contributed by atoms with van der Waals surface area (Å²) in [5.41, 5.74) is 3.05. The molecule has 0 aromatic heterocycles. The van der Waals surface area contributed by atoms with E-state index in [0.29, 0.717) is 6.42 Å². The predicted octanol–water partition coefficient (Wildman–Crippen LogP) is 2.54. The number of aliphatic carboxylic acids is 1. The van der Waals surface area contributed by atoms with Gasteiger partial charge in [0.1, 0.15) is 12.1 Å². The third kappa shape index (κ3) is 5.31. The summed E-state index contributed by atoms with van der Waals surface area (Å²) in [6.45, 7) is 1.84. The molecule has 2 amide bonds. The normalized spacial score (nSPS) is 20.4. The minimum absolute atomic E-state index is 0.0771. The highest BCUT2D eigenvalue weighted by Crippen LogP contribution is 2.44. The molecule has 0 saturated carbocycles. The molecule has 1 saturated heterocycles. The van der Waals surface area contributed by atoms with E-state index < -0.39 is 35.5 Å². The van der Waals surface area contributed by atoms with Crippen molar-refractivity contribution in [2.45, 2.75) is 30.9 Å². The minimum Gasteiger partial charge on any atom is -0.481 e. The Morgan fingerprint density at radius 1 is 1.09 bits per heavy atom. The molecular weight excluding hydrogens is 452 g/mol. The Balaban J connectivity index is 1.35. The van der Waals surface area contributed by atoms with Crippen LogP contribution in [0.25, 0.3) is 11.1 Å². The van der Waals surface area contributed by atoms with Gasteiger partial charge in [-0.05, 0) is 35.6 Å². The maximum atomic E-state index is 12.9. The molecule has 4 rings (SSSR count). The molecule has 9 heteroatoms. The third-order valence-corrected chi connectivity index (χ3v) is 6.58. The van der Waals surface area contributed by atoms with Crippen molar-refractivity contribution < 1.29 is 33.7 Å². The zero-order valence-corrected chi connectivity index (χ0v) is 19.8. The van der Waals surface area contributed by atoms with E-state index in [1.54, 1.807) is 6.92 Å².